The number of carboxylic acid groups (broad SMARTS) is 1. The summed E-state index contributed by atoms with van der Waals surface area (Å²) in [4.78, 5) is 11.5. The third kappa shape index (κ3) is 3.11. The summed E-state index contributed by atoms with van der Waals surface area (Å²) in [6, 6.07) is -1.07. The van der Waals surface area contributed by atoms with Gasteiger partial charge in [-0.05, 0) is 32.6 Å². The predicted molar refractivity (Wildman–Crippen MR) is 76.4 cm³/mol. The fourth-order valence-corrected chi connectivity index (χ4v) is 4.70. The lowest BCUT2D eigenvalue weighted by atomic mass is 9.99. The van der Waals surface area contributed by atoms with E-state index in [4.69, 9.17) is 0 Å². The van der Waals surface area contributed by atoms with Crippen LogP contribution in [-0.2, 0) is 21.9 Å². The van der Waals surface area contributed by atoms with Gasteiger partial charge in [-0.1, -0.05) is 12.8 Å². The Morgan fingerprint density at radius 3 is 2.38 bits per heavy atom. The van der Waals surface area contributed by atoms with Crippen LogP contribution in [0.4, 0.5) is 0 Å². The Labute approximate surface area is 124 Å². The van der Waals surface area contributed by atoms with Crippen molar-refractivity contribution in [3.8, 4) is 0 Å². The monoisotopic (exact) mass is 315 g/mol. The first-order valence-corrected chi connectivity index (χ1v) is 8.47. The minimum Gasteiger partial charge on any atom is -0.480 e. The van der Waals surface area contributed by atoms with Gasteiger partial charge in [0.2, 0.25) is 10.0 Å². The number of aromatic nitrogens is 2. The van der Waals surface area contributed by atoms with Gasteiger partial charge in [0.15, 0.2) is 0 Å². The van der Waals surface area contributed by atoms with Gasteiger partial charge in [0.1, 0.15) is 10.9 Å². The highest BCUT2D eigenvalue weighted by atomic mass is 32.2. The second-order valence-electron chi connectivity index (χ2n) is 5.61. The fraction of sp³-hybridized carbons (Fsp3) is 0.692. The SMILES string of the molecule is Cc1nn(C)c(C)c1S(=O)(=O)N[C@H](C(=O)O)C1CCCC1. The summed E-state index contributed by atoms with van der Waals surface area (Å²) in [6.07, 6.45) is 3.37. The molecule has 0 bridgehead atoms. The Morgan fingerprint density at radius 1 is 1.38 bits per heavy atom. The molecule has 1 fully saturated rings. The highest BCUT2D eigenvalue weighted by Gasteiger charge is 2.36. The van der Waals surface area contributed by atoms with Gasteiger partial charge in [-0.2, -0.15) is 9.82 Å². The lowest BCUT2D eigenvalue weighted by Crippen LogP contribution is -2.45. The molecule has 8 heteroatoms. The van der Waals surface area contributed by atoms with Crippen molar-refractivity contribution in [1.82, 2.24) is 14.5 Å². The summed E-state index contributed by atoms with van der Waals surface area (Å²) in [5.74, 6) is -1.26. The molecule has 1 heterocycles. The van der Waals surface area contributed by atoms with Crippen LogP contribution in [0.5, 0.6) is 0 Å². The number of hydrogen-bond acceptors (Lipinski definition) is 4. The first kappa shape index (κ1) is 16.0. The highest BCUT2D eigenvalue weighted by Crippen LogP contribution is 2.29. The van der Waals surface area contributed by atoms with Gasteiger partial charge in [0.05, 0.1) is 11.4 Å². The fourth-order valence-electron chi connectivity index (χ4n) is 3.01. The van der Waals surface area contributed by atoms with E-state index >= 15 is 0 Å². The van der Waals surface area contributed by atoms with Crippen molar-refractivity contribution < 1.29 is 18.3 Å². The molecule has 0 saturated heterocycles. The van der Waals surface area contributed by atoms with Gasteiger partial charge in [-0.25, -0.2) is 8.42 Å². The van der Waals surface area contributed by atoms with Crippen LogP contribution >= 0.6 is 0 Å². The van der Waals surface area contributed by atoms with E-state index in [-0.39, 0.29) is 10.8 Å². The average molecular weight is 315 g/mol. The maximum absolute atomic E-state index is 12.5. The lowest BCUT2D eigenvalue weighted by molar-refractivity contribution is -0.140. The van der Waals surface area contributed by atoms with Crippen molar-refractivity contribution in [3.63, 3.8) is 0 Å². The second kappa shape index (κ2) is 5.76. The summed E-state index contributed by atoms with van der Waals surface area (Å²) in [7, 11) is -2.24. The molecule has 0 aliphatic heterocycles. The number of sulfonamides is 1. The van der Waals surface area contributed by atoms with Crippen molar-refractivity contribution in [2.45, 2.75) is 50.5 Å². The van der Waals surface area contributed by atoms with Crippen LogP contribution in [0, 0.1) is 19.8 Å². The van der Waals surface area contributed by atoms with Gasteiger partial charge >= 0.3 is 5.97 Å². The van der Waals surface area contributed by atoms with Crippen LogP contribution in [0.2, 0.25) is 0 Å². The molecule has 118 valence electrons. The molecule has 0 amide bonds. The minimum absolute atomic E-state index is 0.0780. The Hall–Kier alpha value is -1.41. The molecule has 1 atom stereocenters. The molecule has 1 aliphatic carbocycles. The molecule has 1 aliphatic rings. The molecule has 2 rings (SSSR count). The number of aryl methyl sites for hydroxylation is 2. The van der Waals surface area contributed by atoms with E-state index in [0.717, 1.165) is 25.7 Å². The second-order valence-corrected chi connectivity index (χ2v) is 7.26. The molecule has 7 nitrogen and oxygen atoms in total. The number of carbonyl (C=O) groups is 1. The summed E-state index contributed by atoms with van der Waals surface area (Å²) in [5.41, 5.74) is 0.869. The van der Waals surface area contributed by atoms with Crippen LogP contribution in [-0.4, -0.2) is 35.3 Å². The minimum atomic E-state index is -3.90. The molecule has 2 N–H and O–H groups in total. The summed E-state index contributed by atoms with van der Waals surface area (Å²) in [6.45, 7) is 3.26. The molecule has 0 unspecified atom stereocenters. The van der Waals surface area contributed by atoms with Crippen molar-refractivity contribution in [2.75, 3.05) is 0 Å². The van der Waals surface area contributed by atoms with Gasteiger partial charge in [0, 0.05) is 7.05 Å². The van der Waals surface area contributed by atoms with Crippen LogP contribution in [0.15, 0.2) is 4.90 Å². The number of nitrogens with zero attached hydrogens (tertiary/aromatic N) is 2. The number of nitrogens with one attached hydrogen (secondary N) is 1. The van der Waals surface area contributed by atoms with E-state index in [1.807, 2.05) is 0 Å². The molecule has 1 saturated carbocycles. The van der Waals surface area contributed by atoms with Gasteiger partial charge < -0.3 is 5.11 Å². The number of aliphatic carboxylic acids is 1. The Bertz CT molecular complexity index is 645. The van der Waals surface area contributed by atoms with Gasteiger partial charge in [-0.3, -0.25) is 9.48 Å². The van der Waals surface area contributed by atoms with Gasteiger partial charge in [0.25, 0.3) is 0 Å². The van der Waals surface area contributed by atoms with E-state index in [2.05, 4.69) is 9.82 Å². The van der Waals surface area contributed by atoms with E-state index < -0.39 is 22.0 Å². The average Bonchev–Trinajstić information content (AvgIpc) is 2.96. The Balaban J connectivity index is 2.32. The van der Waals surface area contributed by atoms with Crippen LogP contribution in [0.25, 0.3) is 0 Å². The molecule has 0 aromatic carbocycles. The van der Waals surface area contributed by atoms with E-state index in [1.165, 1.54) is 4.68 Å². The maximum Gasteiger partial charge on any atom is 0.322 e. The summed E-state index contributed by atoms with van der Waals surface area (Å²) < 4.78 is 28.9. The highest BCUT2D eigenvalue weighted by molar-refractivity contribution is 7.89. The predicted octanol–water partition coefficient (Wildman–Crippen LogP) is 0.959. The van der Waals surface area contributed by atoms with Crippen LogP contribution in [0.1, 0.15) is 37.1 Å². The van der Waals surface area contributed by atoms with E-state index in [0.29, 0.717) is 11.4 Å². The third-order valence-electron chi connectivity index (χ3n) is 4.13. The first-order chi connectivity index (χ1) is 9.74. The number of hydrogen-bond donors (Lipinski definition) is 2. The smallest absolute Gasteiger partial charge is 0.322 e. The number of carboxylic acids is 1. The molecular formula is C13H21N3O4S. The Morgan fingerprint density at radius 2 is 1.95 bits per heavy atom. The van der Waals surface area contributed by atoms with Crippen molar-refractivity contribution in [3.05, 3.63) is 11.4 Å². The van der Waals surface area contributed by atoms with Crippen molar-refractivity contribution >= 4 is 16.0 Å². The zero-order valence-electron chi connectivity index (χ0n) is 12.5. The van der Waals surface area contributed by atoms with E-state index in [9.17, 15) is 18.3 Å². The summed E-state index contributed by atoms with van der Waals surface area (Å²) >= 11 is 0. The normalized spacial score (nSPS) is 18.0. The molecule has 1 aromatic rings. The van der Waals surface area contributed by atoms with E-state index in [1.54, 1.807) is 20.9 Å². The lowest BCUT2D eigenvalue weighted by Gasteiger charge is -2.20. The topological polar surface area (TPSA) is 101 Å². The van der Waals surface area contributed by atoms with Crippen LogP contribution < -0.4 is 4.72 Å². The molecule has 0 spiro atoms. The maximum atomic E-state index is 12.5. The standard InChI is InChI=1S/C13H21N3O4S/c1-8-12(9(2)16(3)14-8)21(19,20)15-11(13(17)18)10-6-4-5-7-10/h10-11,15H,4-7H2,1-3H3,(H,17,18)/t11-/m0/s1. The largest absolute Gasteiger partial charge is 0.480 e. The Kier molecular flexibility index (Phi) is 4.38. The molecule has 21 heavy (non-hydrogen) atoms. The zero-order valence-corrected chi connectivity index (χ0v) is 13.3. The van der Waals surface area contributed by atoms with Crippen LogP contribution in [0.3, 0.4) is 0 Å². The van der Waals surface area contributed by atoms with Crippen molar-refractivity contribution in [1.29, 1.82) is 0 Å². The first-order valence-electron chi connectivity index (χ1n) is 6.99. The van der Waals surface area contributed by atoms with Crippen molar-refractivity contribution in [2.24, 2.45) is 13.0 Å². The molecule has 0 radical (unpaired) electrons. The quantitative estimate of drug-likeness (QED) is 0.842. The number of rotatable bonds is 5. The molecule has 1 aromatic heterocycles. The third-order valence-corrected chi connectivity index (χ3v) is 5.82. The van der Waals surface area contributed by atoms with Gasteiger partial charge in [-0.15, -0.1) is 0 Å². The molecular weight excluding hydrogens is 294 g/mol. The summed E-state index contributed by atoms with van der Waals surface area (Å²) in [5, 5.41) is 13.4. The zero-order chi connectivity index (χ0) is 15.8.